The zero-order valence-electron chi connectivity index (χ0n) is 12.2. The number of halogens is 1. The van der Waals surface area contributed by atoms with E-state index in [9.17, 15) is 9.59 Å². The Labute approximate surface area is 139 Å². The number of benzene rings is 2. The van der Waals surface area contributed by atoms with Crippen LogP contribution in [0.1, 0.15) is 5.56 Å². The standard InChI is InChI=1S/C16H10ClN3O4/c17-11-6-14-13(23-8-24-14)5-9(11)7-18-20-15(21)10-3-1-2-4-12(10)19-16(20)22/h1-7H,8H2,(H,19,22). The van der Waals surface area contributed by atoms with Crippen LogP contribution in [0.4, 0.5) is 0 Å². The van der Waals surface area contributed by atoms with Gasteiger partial charge in [0.2, 0.25) is 6.79 Å². The highest BCUT2D eigenvalue weighted by atomic mass is 35.5. The van der Waals surface area contributed by atoms with Gasteiger partial charge in [-0.25, -0.2) is 4.79 Å². The Bertz CT molecular complexity index is 1100. The van der Waals surface area contributed by atoms with Gasteiger partial charge in [0.25, 0.3) is 5.56 Å². The van der Waals surface area contributed by atoms with Crippen molar-refractivity contribution in [1.29, 1.82) is 0 Å². The Morgan fingerprint density at radius 1 is 1.17 bits per heavy atom. The predicted octanol–water partition coefficient (Wildman–Crippen LogP) is 1.95. The van der Waals surface area contributed by atoms with Gasteiger partial charge in [-0.3, -0.25) is 4.79 Å². The summed E-state index contributed by atoms with van der Waals surface area (Å²) in [6, 6.07) is 9.95. The van der Waals surface area contributed by atoms with Crippen LogP contribution >= 0.6 is 11.6 Å². The molecule has 2 aromatic carbocycles. The number of ether oxygens (including phenoxy) is 2. The lowest BCUT2D eigenvalue weighted by Crippen LogP contribution is -2.32. The van der Waals surface area contributed by atoms with Crippen LogP contribution in [0.5, 0.6) is 11.5 Å². The average Bonchev–Trinajstić information content (AvgIpc) is 3.01. The molecule has 0 unspecified atom stereocenters. The first kappa shape index (κ1) is 14.5. The largest absolute Gasteiger partial charge is 0.454 e. The Balaban J connectivity index is 1.81. The fourth-order valence-corrected chi connectivity index (χ4v) is 2.61. The Hall–Kier alpha value is -3.06. The number of nitrogens with one attached hydrogen (secondary N) is 1. The Morgan fingerprint density at radius 2 is 1.92 bits per heavy atom. The van der Waals surface area contributed by atoms with Crippen LogP contribution in [0.25, 0.3) is 10.9 Å². The summed E-state index contributed by atoms with van der Waals surface area (Å²) in [7, 11) is 0. The Kier molecular flexibility index (Phi) is 3.35. The molecule has 4 rings (SSSR count). The summed E-state index contributed by atoms with van der Waals surface area (Å²) >= 11 is 6.15. The van der Waals surface area contributed by atoms with Gasteiger partial charge in [-0.1, -0.05) is 23.7 Å². The highest BCUT2D eigenvalue weighted by Gasteiger charge is 2.16. The number of aromatic amines is 1. The second kappa shape index (κ2) is 5.54. The molecule has 3 aromatic rings. The fourth-order valence-electron chi connectivity index (χ4n) is 2.41. The number of nitrogens with zero attached hydrogens (tertiary/aromatic N) is 2. The number of hydrogen-bond acceptors (Lipinski definition) is 5. The molecule has 24 heavy (non-hydrogen) atoms. The van der Waals surface area contributed by atoms with Crippen molar-refractivity contribution in [1.82, 2.24) is 9.66 Å². The van der Waals surface area contributed by atoms with Gasteiger partial charge in [-0.05, 0) is 18.2 Å². The monoisotopic (exact) mass is 343 g/mol. The lowest BCUT2D eigenvalue weighted by molar-refractivity contribution is 0.174. The Morgan fingerprint density at radius 3 is 2.75 bits per heavy atom. The molecule has 0 spiro atoms. The highest BCUT2D eigenvalue weighted by Crippen LogP contribution is 2.36. The van der Waals surface area contributed by atoms with Gasteiger partial charge < -0.3 is 14.5 Å². The normalized spacial score (nSPS) is 13.0. The predicted molar refractivity (Wildman–Crippen MR) is 89.4 cm³/mol. The van der Waals surface area contributed by atoms with Gasteiger partial charge in [-0.2, -0.15) is 5.10 Å². The summed E-state index contributed by atoms with van der Waals surface area (Å²) in [6.07, 6.45) is 1.33. The van der Waals surface area contributed by atoms with Crippen molar-refractivity contribution in [3.63, 3.8) is 0 Å². The molecule has 0 radical (unpaired) electrons. The van der Waals surface area contributed by atoms with E-state index in [0.29, 0.717) is 33.0 Å². The molecule has 0 aliphatic carbocycles. The minimum Gasteiger partial charge on any atom is -0.454 e. The van der Waals surface area contributed by atoms with Crippen LogP contribution in [-0.4, -0.2) is 22.7 Å². The molecule has 0 saturated carbocycles. The van der Waals surface area contributed by atoms with Gasteiger partial charge in [0, 0.05) is 11.6 Å². The van der Waals surface area contributed by atoms with Crippen molar-refractivity contribution in [2.24, 2.45) is 5.10 Å². The van der Waals surface area contributed by atoms with Crippen molar-refractivity contribution in [2.75, 3.05) is 6.79 Å². The first-order valence-corrected chi connectivity index (χ1v) is 7.39. The molecule has 1 aliphatic rings. The molecule has 120 valence electrons. The van der Waals surface area contributed by atoms with Gasteiger partial charge >= 0.3 is 5.69 Å². The molecular formula is C16H10ClN3O4. The molecule has 0 atom stereocenters. The number of rotatable bonds is 2. The van der Waals surface area contributed by atoms with Crippen LogP contribution in [0.3, 0.4) is 0 Å². The molecule has 1 aromatic heterocycles. The number of H-pyrrole nitrogens is 1. The molecular weight excluding hydrogens is 334 g/mol. The molecule has 0 bridgehead atoms. The number of fused-ring (bicyclic) bond motifs is 2. The van der Waals surface area contributed by atoms with Crippen LogP contribution < -0.4 is 20.7 Å². The van der Waals surface area contributed by atoms with E-state index in [4.69, 9.17) is 21.1 Å². The van der Waals surface area contributed by atoms with Gasteiger partial charge in [-0.15, -0.1) is 4.68 Å². The summed E-state index contributed by atoms with van der Waals surface area (Å²) in [5.41, 5.74) is -0.185. The number of hydrogen-bond donors (Lipinski definition) is 1. The van der Waals surface area contributed by atoms with Gasteiger partial charge in [0.1, 0.15) is 0 Å². The summed E-state index contributed by atoms with van der Waals surface area (Å²) < 4.78 is 11.2. The molecule has 7 nitrogen and oxygen atoms in total. The van der Waals surface area contributed by atoms with E-state index in [-0.39, 0.29) is 6.79 Å². The van der Waals surface area contributed by atoms with E-state index >= 15 is 0 Å². The van der Waals surface area contributed by atoms with Crippen LogP contribution in [0.15, 0.2) is 51.1 Å². The van der Waals surface area contributed by atoms with Crippen LogP contribution in [0, 0.1) is 0 Å². The maximum Gasteiger partial charge on any atom is 0.349 e. The minimum atomic E-state index is -0.633. The highest BCUT2D eigenvalue weighted by molar-refractivity contribution is 6.33. The number of aromatic nitrogens is 2. The fraction of sp³-hybridized carbons (Fsp3) is 0.0625. The summed E-state index contributed by atoms with van der Waals surface area (Å²) in [5, 5.41) is 4.70. The molecule has 1 aliphatic heterocycles. The van der Waals surface area contributed by atoms with Crippen molar-refractivity contribution < 1.29 is 9.47 Å². The molecule has 0 saturated heterocycles. The third kappa shape index (κ3) is 2.35. The van der Waals surface area contributed by atoms with E-state index in [1.54, 1.807) is 36.4 Å². The zero-order valence-corrected chi connectivity index (χ0v) is 12.9. The first-order chi connectivity index (χ1) is 11.6. The molecule has 2 heterocycles. The SMILES string of the molecule is O=c1[nH]c2ccccc2c(=O)n1N=Cc1cc2c(cc1Cl)OCO2. The maximum atomic E-state index is 12.4. The first-order valence-electron chi connectivity index (χ1n) is 7.01. The van der Waals surface area contributed by atoms with E-state index in [1.807, 2.05) is 0 Å². The average molecular weight is 344 g/mol. The van der Waals surface area contributed by atoms with Crippen LogP contribution in [0.2, 0.25) is 5.02 Å². The van der Waals surface area contributed by atoms with E-state index in [1.165, 1.54) is 6.21 Å². The van der Waals surface area contributed by atoms with Crippen LogP contribution in [-0.2, 0) is 0 Å². The van der Waals surface area contributed by atoms with Gasteiger partial charge in [0.05, 0.1) is 22.1 Å². The van der Waals surface area contributed by atoms with Crippen molar-refractivity contribution in [2.45, 2.75) is 0 Å². The van der Waals surface area contributed by atoms with Crippen molar-refractivity contribution in [3.05, 3.63) is 67.8 Å². The maximum absolute atomic E-state index is 12.4. The summed E-state index contributed by atoms with van der Waals surface area (Å²) in [5.74, 6) is 1.07. The lowest BCUT2D eigenvalue weighted by Gasteiger charge is -2.02. The van der Waals surface area contributed by atoms with Crippen molar-refractivity contribution in [3.8, 4) is 11.5 Å². The minimum absolute atomic E-state index is 0.121. The second-order valence-electron chi connectivity index (χ2n) is 5.06. The zero-order chi connectivity index (χ0) is 16.7. The smallest absolute Gasteiger partial charge is 0.349 e. The second-order valence-corrected chi connectivity index (χ2v) is 5.47. The topological polar surface area (TPSA) is 85.7 Å². The molecule has 8 heteroatoms. The van der Waals surface area contributed by atoms with E-state index in [0.717, 1.165) is 4.68 Å². The van der Waals surface area contributed by atoms with E-state index in [2.05, 4.69) is 10.1 Å². The molecule has 0 fully saturated rings. The quantitative estimate of drug-likeness (QED) is 0.721. The summed E-state index contributed by atoms with van der Waals surface area (Å²) in [6.45, 7) is 0.121. The van der Waals surface area contributed by atoms with E-state index < -0.39 is 11.2 Å². The molecule has 1 N–H and O–H groups in total. The number of para-hydroxylation sites is 1. The molecule has 0 amide bonds. The third-order valence-electron chi connectivity index (χ3n) is 3.59. The van der Waals surface area contributed by atoms with Gasteiger partial charge in [0.15, 0.2) is 11.5 Å². The third-order valence-corrected chi connectivity index (χ3v) is 3.92. The van der Waals surface area contributed by atoms with Crippen molar-refractivity contribution >= 4 is 28.7 Å². The lowest BCUT2D eigenvalue weighted by atomic mass is 10.2. The summed E-state index contributed by atoms with van der Waals surface area (Å²) in [4.78, 5) is 27.1.